The summed E-state index contributed by atoms with van der Waals surface area (Å²) in [6, 6.07) is 7.87. The Morgan fingerprint density at radius 1 is 1.41 bits per heavy atom. The van der Waals surface area contributed by atoms with Gasteiger partial charge in [0.15, 0.2) is 11.3 Å². The van der Waals surface area contributed by atoms with E-state index in [-0.39, 0.29) is 17.5 Å². The molecule has 0 unspecified atom stereocenters. The third kappa shape index (κ3) is 3.14. The van der Waals surface area contributed by atoms with Crippen molar-refractivity contribution in [3.8, 4) is 17.3 Å². The highest BCUT2D eigenvalue weighted by Gasteiger charge is 2.30. The normalized spacial score (nSPS) is 14.7. The lowest BCUT2D eigenvalue weighted by molar-refractivity contribution is 0.0928. The number of fused-ring (bicyclic) bond motifs is 1. The highest BCUT2D eigenvalue weighted by atomic mass is 19.1. The third-order valence-corrected chi connectivity index (χ3v) is 4.95. The lowest BCUT2D eigenvalue weighted by Gasteiger charge is -2.12. The van der Waals surface area contributed by atoms with Crippen LogP contribution in [0.1, 0.15) is 41.4 Å². The molecule has 6 nitrogen and oxygen atoms in total. The summed E-state index contributed by atoms with van der Waals surface area (Å²) in [4.78, 5) is 17.0. The van der Waals surface area contributed by atoms with E-state index in [0.29, 0.717) is 28.5 Å². The molecule has 1 N–H and O–H groups in total. The number of halogens is 1. The average molecular weight is 363 g/mol. The van der Waals surface area contributed by atoms with Gasteiger partial charge in [0.25, 0.3) is 5.91 Å². The molecule has 27 heavy (non-hydrogen) atoms. The third-order valence-electron chi connectivity index (χ3n) is 4.95. The van der Waals surface area contributed by atoms with Gasteiger partial charge in [0, 0.05) is 11.6 Å². The Kier molecular flexibility index (Phi) is 4.11. The number of hydrogen-bond donors (Lipinski definition) is 1. The minimum absolute atomic E-state index is 0.106. The zero-order valence-corrected chi connectivity index (χ0v) is 15.0. The maximum atomic E-state index is 13.5. The monoisotopic (exact) mass is 363 g/mol. The molecule has 1 amide bonds. The fourth-order valence-electron chi connectivity index (χ4n) is 3.24. The number of hydrogen-bond acceptors (Lipinski definition) is 4. The number of aryl methyl sites for hydroxylation is 1. The van der Waals surface area contributed by atoms with E-state index in [9.17, 15) is 14.4 Å². The molecule has 0 radical (unpaired) electrons. The highest BCUT2D eigenvalue weighted by Crippen LogP contribution is 2.32. The van der Waals surface area contributed by atoms with Gasteiger partial charge >= 0.3 is 0 Å². The lowest BCUT2D eigenvalue weighted by atomic mass is 10.0. The van der Waals surface area contributed by atoms with Crippen LogP contribution in [0.4, 0.5) is 4.39 Å². The smallest absolute Gasteiger partial charge is 0.271 e. The summed E-state index contributed by atoms with van der Waals surface area (Å²) < 4.78 is 14.9. The summed E-state index contributed by atoms with van der Waals surface area (Å²) in [7, 11) is 0. The van der Waals surface area contributed by atoms with Crippen molar-refractivity contribution in [2.75, 3.05) is 0 Å². The minimum Gasteiger partial charge on any atom is -0.348 e. The zero-order chi connectivity index (χ0) is 19.1. The second kappa shape index (κ2) is 6.47. The molecule has 136 valence electrons. The summed E-state index contributed by atoms with van der Waals surface area (Å²) in [5.74, 6) is -0.175. The van der Waals surface area contributed by atoms with E-state index in [1.54, 1.807) is 6.07 Å². The molecule has 4 rings (SSSR count). The molecule has 1 saturated carbocycles. The number of amides is 1. The molecule has 1 fully saturated rings. The Morgan fingerprint density at radius 2 is 2.19 bits per heavy atom. The van der Waals surface area contributed by atoms with Crippen LogP contribution in [-0.4, -0.2) is 26.5 Å². The van der Waals surface area contributed by atoms with Crippen LogP contribution in [0.2, 0.25) is 0 Å². The Morgan fingerprint density at radius 3 is 2.89 bits per heavy atom. The van der Waals surface area contributed by atoms with Crippen LogP contribution in [0.25, 0.3) is 16.9 Å². The first-order valence-electron chi connectivity index (χ1n) is 8.84. The van der Waals surface area contributed by atoms with Gasteiger partial charge in [0.2, 0.25) is 0 Å². The molecule has 1 aliphatic rings. The number of nitrogens with one attached hydrogen (secondary N) is 1. The van der Waals surface area contributed by atoms with Crippen molar-refractivity contribution in [2.24, 2.45) is 5.92 Å². The van der Waals surface area contributed by atoms with Gasteiger partial charge in [-0.05, 0) is 62.4 Å². The van der Waals surface area contributed by atoms with E-state index in [4.69, 9.17) is 0 Å². The van der Waals surface area contributed by atoms with Gasteiger partial charge in [-0.3, -0.25) is 4.79 Å². The number of rotatable bonds is 4. The van der Waals surface area contributed by atoms with Gasteiger partial charge in [-0.2, -0.15) is 10.4 Å². The molecule has 1 atom stereocenters. The van der Waals surface area contributed by atoms with Crippen LogP contribution < -0.4 is 5.32 Å². The van der Waals surface area contributed by atoms with Gasteiger partial charge in [-0.25, -0.2) is 13.9 Å². The lowest BCUT2D eigenvalue weighted by Crippen LogP contribution is -2.34. The Hall–Kier alpha value is -3.27. The first-order chi connectivity index (χ1) is 13.0. The summed E-state index contributed by atoms with van der Waals surface area (Å²) >= 11 is 0. The van der Waals surface area contributed by atoms with E-state index in [1.807, 2.05) is 19.9 Å². The molecule has 3 aromatic rings. The standard InChI is InChI=1S/C20H18FN5O/c1-11-7-17(16-6-5-15(21)8-14(16)9-22)25-26-18(10-23-19(11)26)20(27)24-12(2)13-3-4-13/h5-8,10,12-13H,3-4H2,1-2H3,(H,24,27)/t12-/m0/s1. The molecule has 0 aliphatic heterocycles. The van der Waals surface area contributed by atoms with Crippen molar-refractivity contribution < 1.29 is 9.18 Å². The number of aromatic nitrogens is 3. The second-order valence-electron chi connectivity index (χ2n) is 6.99. The first kappa shape index (κ1) is 17.2. The summed E-state index contributed by atoms with van der Waals surface area (Å²) in [5.41, 5.74) is 2.90. The van der Waals surface area contributed by atoms with Crippen LogP contribution in [0, 0.1) is 30.0 Å². The van der Waals surface area contributed by atoms with Crippen LogP contribution >= 0.6 is 0 Å². The van der Waals surface area contributed by atoms with E-state index in [2.05, 4.69) is 15.4 Å². The van der Waals surface area contributed by atoms with Gasteiger partial charge in [-0.1, -0.05) is 0 Å². The summed E-state index contributed by atoms with van der Waals surface area (Å²) in [6.07, 6.45) is 3.78. The second-order valence-corrected chi connectivity index (χ2v) is 6.99. The Balaban J connectivity index is 1.78. The SMILES string of the molecule is Cc1cc(-c2ccc(F)cc2C#N)nn2c(C(=O)N[C@@H](C)C3CC3)cnc12. The van der Waals surface area contributed by atoms with Crippen molar-refractivity contribution in [3.63, 3.8) is 0 Å². The average Bonchev–Trinajstić information content (AvgIpc) is 3.41. The molecule has 0 spiro atoms. The quantitative estimate of drug-likeness (QED) is 0.771. The fourth-order valence-corrected chi connectivity index (χ4v) is 3.24. The zero-order valence-electron chi connectivity index (χ0n) is 15.0. The van der Waals surface area contributed by atoms with E-state index < -0.39 is 5.82 Å². The van der Waals surface area contributed by atoms with Crippen molar-refractivity contribution in [1.82, 2.24) is 19.9 Å². The first-order valence-corrected chi connectivity index (χ1v) is 8.84. The molecule has 0 bridgehead atoms. The van der Waals surface area contributed by atoms with Gasteiger partial charge in [0.05, 0.1) is 23.5 Å². The Bertz CT molecular complexity index is 1090. The van der Waals surface area contributed by atoms with Crippen LogP contribution in [-0.2, 0) is 0 Å². The van der Waals surface area contributed by atoms with Crippen molar-refractivity contribution in [3.05, 3.63) is 53.1 Å². The maximum Gasteiger partial charge on any atom is 0.271 e. The summed E-state index contributed by atoms with van der Waals surface area (Å²) in [5, 5.41) is 16.8. The largest absolute Gasteiger partial charge is 0.348 e. The molecular weight excluding hydrogens is 345 g/mol. The molecule has 1 aromatic carbocycles. The topological polar surface area (TPSA) is 83.1 Å². The van der Waals surface area contributed by atoms with Crippen molar-refractivity contribution >= 4 is 11.6 Å². The van der Waals surface area contributed by atoms with Crippen LogP contribution in [0.15, 0.2) is 30.5 Å². The fraction of sp³-hybridized carbons (Fsp3) is 0.300. The Labute approximate surface area is 155 Å². The van der Waals surface area contributed by atoms with E-state index >= 15 is 0 Å². The van der Waals surface area contributed by atoms with Crippen molar-refractivity contribution in [1.29, 1.82) is 5.26 Å². The number of carbonyl (C=O) groups excluding carboxylic acids is 1. The maximum absolute atomic E-state index is 13.5. The van der Waals surface area contributed by atoms with Gasteiger partial charge in [0.1, 0.15) is 5.82 Å². The number of imidazole rings is 1. The number of nitriles is 1. The van der Waals surface area contributed by atoms with Crippen LogP contribution in [0.5, 0.6) is 0 Å². The van der Waals surface area contributed by atoms with Gasteiger partial charge < -0.3 is 5.32 Å². The molecular formula is C20H18FN5O. The predicted octanol–water partition coefficient (Wildman–Crippen LogP) is 3.24. The molecule has 7 heteroatoms. The molecule has 2 aromatic heterocycles. The minimum atomic E-state index is -0.482. The van der Waals surface area contributed by atoms with E-state index in [1.165, 1.54) is 28.9 Å². The predicted molar refractivity (Wildman–Crippen MR) is 97.5 cm³/mol. The number of nitrogens with zero attached hydrogens (tertiary/aromatic N) is 4. The van der Waals surface area contributed by atoms with Gasteiger partial charge in [-0.15, -0.1) is 0 Å². The highest BCUT2D eigenvalue weighted by molar-refractivity contribution is 5.93. The van der Waals surface area contributed by atoms with Crippen molar-refractivity contribution in [2.45, 2.75) is 32.7 Å². The molecule has 1 aliphatic carbocycles. The van der Waals surface area contributed by atoms with E-state index in [0.717, 1.165) is 18.4 Å². The summed E-state index contributed by atoms with van der Waals surface area (Å²) in [6.45, 7) is 3.86. The molecule has 0 saturated heterocycles. The van der Waals surface area contributed by atoms with Crippen LogP contribution in [0.3, 0.4) is 0 Å². The molecule has 2 heterocycles. The number of benzene rings is 1. The number of carbonyl (C=O) groups is 1.